The van der Waals surface area contributed by atoms with Crippen LogP contribution in [-0.2, 0) is 11.3 Å². The van der Waals surface area contributed by atoms with Crippen molar-refractivity contribution in [1.29, 1.82) is 0 Å². The summed E-state index contributed by atoms with van der Waals surface area (Å²) in [5, 5.41) is 17.8. The van der Waals surface area contributed by atoms with Crippen LogP contribution < -0.4 is 20.3 Å². The fourth-order valence-corrected chi connectivity index (χ4v) is 3.07. The Balaban J connectivity index is 1.64. The summed E-state index contributed by atoms with van der Waals surface area (Å²) in [4.78, 5) is 34.7. The summed E-state index contributed by atoms with van der Waals surface area (Å²) in [6.07, 6.45) is 0.487. The molecule has 166 valence electrons. The molecule has 1 heterocycles. The van der Waals surface area contributed by atoms with Gasteiger partial charge in [0.15, 0.2) is 11.5 Å². The number of methoxy groups -OCH3 is 2. The maximum atomic E-state index is 12.2. The van der Waals surface area contributed by atoms with E-state index in [1.807, 2.05) is 6.07 Å². The molecule has 0 bridgehead atoms. The summed E-state index contributed by atoms with van der Waals surface area (Å²) in [6, 6.07) is 14.1. The molecule has 3 aromatic rings. The van der Waals surface area contributed by atoms with Crippen LogP contribution in [-0.4, -0.2) is 34.8 Å². The Labute approximate surface area is 183 Å². The van der Waals surface area contributed by atoms with Crippen molar-refractivity contribution in [3.63, 3.8) is 0 Å². The van der Waals surface area contributed by atoms with Crippen molar-refractivity contribution in [1.82, 2.24) is 9.78 Å². The van der Waals surface area contributed by atoms with E-state index in [9.17, 15) is 19.7 Å². The molecule has 0 saturated carbocycles. The predicted octanol–water partition coefficient (Wildman–Crippen LogP) is 3.25. The fraction of sp³-hybridized carbons (Fsp3) is 0.227. The quantitative estimate of drug-likeness (QED) is 0.401. The van der Waals surface area contributed by atoms with Gasteiger partial charge in [0, 0.05) is 42.4 Å². The molecule has 1 N–H and O–H groups in total. The van der Waals surface area contributed by atoms with Crippen LogP contribution >= 0.6 is 0 Å². The molecule has 0 aliphatic carbocycles. The van der Waals surface area contributed by atoms with Crippen LogP contribution in [0.15, 0.2) is 59.4 Å². The van der Waals surface area contributed by atoms with Gasteiger partial charge in [-0.2, -0.15) is 5.10 Å². The molecular formula is C22H22N4O6. The third-order valence-corrected chi connectivity index (χ3v) is 4.66. The second-order valence-corrected chi connectivity index (χ2v) is 6.81. The number of aromatic nitrogens is 2. The first kappa shape index (κ1) is 22.5. The highest BCUT2D eigenvalue weighted by atomic mass is 16.6. The first-order valence-corrected chi connectivity index (χ1v) is 9.76. The van der Waals surface area contributed by atoms with Crippen molar-refractivity contribution >= 4 is 17.3 Å². The third-order valence-electron chi connectivity index (χ3n) is 4.66. The number of nitro groups is 1. The van der Waals surface area contributed by atoms with E-state index in [1.54, 1.807) is 31.4 Å². The number of carbonyl (C=O) groups is 1. The average molecular weight is 438 g/mol. The van der Waals surface area contributed by atoms with E-state index in [0.29, 0.717) is 29.3 Å². The van der Waals surface area contributed by atoms with Crippen LogP contribution in [0.5, 0.6) is 11.5 Å². The average Bonchev–Trinajstić information content (AvgIpc) is 2.80. The van der Waals surface area contributed by atoms with Gasteiger partial charge in [0.25, 0.3) is 11.2 Å². The lowest BCUT2D eigenvalue weighted by Crippen LogP contribution is -2.23. The minimum absolute atomic E-state index is 0.106. The van der Waals surface area contributed by atoms with E-state index in [-0.39, 0.29) is 30.1 Å². The molecule has 2 aromatic carbocycles. The van der Waals surface area contributed by atoms with Crippen molar-refractivity contribution in [2.75, 3.05) is 19.5 Å². The molecule has 0 spiro atoms. The number of rotatable bonds is 9. The van der Waals surface area contributed by atoms with Gasteiger partial charge >= 0.3 is 0 Å². The molecule has 0 aliphatic heterocycles. The Bertz CT molecular complexity index is 1190. The van der Waals surface area contributed by atoms with Gasteiger partial charge in [-0.3, -0.25) is 19.7 Å². The van der Waals surface area contributed by atoms with E-state index in [0.717, 1.165) is 5.56 Å². The topological polar surface area (TPSA) is 126 Å². The van der Waals surface area contributed by atoms with Gasteiger partial charge in [-0.25, -0.2) is 4.68 Å². The number of nitrogens with zero attached hydrogens (tertiary/aromatic N) is 3. The van der Waals surface area contributed by atoms with Gasteiger partial charge in [0.1, 0.15) is 0 Å². The number of anilines is 1. The van der Waals surface area contributed by atoms with Crippen LogP contribution in [0.2, 0.25) is 0 Å². The lowest BCUT2D eigenvalue weighted by molar-refractivity contribution is -0.384. The van der Waals surface area contributed by atoms with Crippen molar-refractivity contribution < 1.29 is 19.2 Å². The van der Waals surface area contributed by atoms with Gasteiger partial charge in [-0.15, -0.1) is 0 Å². The number of nitro benzene ring substituents is 1. The molecule has 0 radical (unpaired) electrons. The first-order valence-electron chi connectivity index (χ1n) is 9.76. The summed E-state index contributed by atoms with van der Waals surface area (Å²) in [7, 11) is 3.08. The van der Waals surface area contributed by atoms with Gasteiger partial charge in [-0.05, 0) is 36.8 Å². The third kappa shape index (κ3) is 5.48. The highest BCUT2D eigenvalue weighted by molar-refractivity contribution is 5.90. The van der Waals surface area contributed by atoms with Crippen LogP contribution in [0, 0.1) is 10.1 Å². The Kier molecular flexibility index (Phi) is 7.17. The number of hydrogen-bond acceptors (Lipinski definition) is 7. The van der Waals surface area contributed by atoms with Crippen molar-refractivity contribution in [2.24, 2.45) is 0 Å². The molecular weight excluding hydrogens is 416 g/mol. The Morgan fingerprint density at radius 2 is 1.88 bits per heavy atom. The van der Waals surface area contributed by atoms with Crippen LogP contribution in [0.1, 0.15) is 12.8 Å². The van der Waals surface area contributed by atoms with Crippen molar-refractivity contribution in [2.45, 2.75) is 19.4 Å². The number of nitrogens with one attached hydrogen (secondary N) is 1. The summed E-state index contributed by atoms with van der Waals surface area (Å²) < 4.78 is 11.8. The minimum Gasteiger partial charge on any atom is -0.493 e. The van der Waals surface area contributed by atoms with E-state index < -0.39 is 4.92 Å². The van der Waals surface area contributed by atoms with E-state index in [1.165, 1.54) is 36.1 Å². The first-order chi connectivity index (χ1) is 15.4. The largest absolute Gasteiger partial charge is 0.493 e. The number of carbonyl (C=O) groups excluding carboxylic acids is 1. The minimum atomic E-state index is -0.529. The number of non-ortho nitro benzene ring substituents is 1. The summed E-state index contributed by atoms with van der Waals surface area (Å²) in [6.45, 7) is 0.238. The molecule has 3 rings (SSSR count). The monoisotopic (exact) mass is 438 g/mol. The Morgan fingerprint density at radius 3 is 2.59 bits per heavy atom. The van der Waals surface area contributed by atoms with Crippen LogP contribution in [0.3, 0.4) is 0 Å². The van der Waals surface area contributed by atoms with E-state index in [2.05, 4.69) is 10.4 Å². The number of benzene rings is 2. The van der Waals surface area contributed by atoms with E-state index in [4.69, 9.17) is 9.47 Å². The van der Waals surface area contributed by atoms with Crippen molar-refractivity contribution in [3.05, 3.63) is 75.1 Å². The standard InChI is InChI=1S/C22H22N4O6/c1-31-19-10-8-15(13-20(19)32-2)18-9-11-22(28)25(24-18)12-4-7-21(27)23-16-5-3-6-17(14-16)26(29)30/h3,5-6,8-11,13-14H,4,7,12H2,1-2H3,(H,23,27). The molecule has 0 aliphatic rings. The molecule has 1 amide bonds. The summed E-state index contributed by atoms with van der Waals surface area (Å²) >= 11 is 0. The number of amides is 1. The molecule has 10 heteroatoms. The van der Waals surface area contributed by atoms with Crippen LogP contribution in [0.4, 0.5) is 11.4 Å². The second-order valence-electron chi connectivity index (χ2n) is 6.81. The number of ether oxygens (including phenoxy) is 2. The van der Waals surface area contributed by atoms with Crippen molar-refractivity contribution in [3.8, 4) is 22.8 Å². The Morgan fingerprint density at radius 1 is 1.09 bits per heavy atom. The normalized spacial score (nSPS) is 10.4. The van der Waals surface area contributed by atoms with Gasteiger partial charge < -0.3 is 14.8 Å². The second kappa shape index (κ2) is 10.2. The molecule has 0 fully saturated rings. The lowest BCUT2D eigenvalue weighted by atomic mass is 10.1. The zero-order chi connectivity index (χ0) is 23.1. The maximum Gasteiger partial charge on any atom is 0.271 e. The highest BCUT2D eigenvalue weighted by Crippen LogP contribution is 2.31. The smallest absolute Gasteiger partial charge is 0.271 e. The fourth-order valence-electron chi connectivity index (χ4n) is 3.07. The zero-order valence-electron chi connectivity index (χ0n) is 17.6. The number of hydrogen-bond donors (Lipinski definition) is 1. The highest BCUT2D eigenvalue weighted by Gasteiger charge is 2.11. The lowest BCUT2D eigenvalue weighted by Gasteiger charge is -2.11. The molecule has 0 unspecified atom stereocenters. The predicted molar refractivity (Wildman–Crippen MR) is 118 cm³/mol. The van der Waals surface area contributed by atoms with Gasteiger partial charge in [0.2, 0.25) is 5.91 Å². The van der Waals surface area contributed by atoms with Gasteiger partial charge in [-0.1, -0.05) is 6.07 Å². The van der Waals surface area contributed by atoms with Crippen LogP contribution in [0.25, 0.3) is 11.3 Å². The van der Waals surface area contributed by atoms with Gasteiger partial charge in [0.05, 0.1) is 24.8 Å². The summed E-state index contributed by atoms with van der Waals surface area (Å²) in [5.74, 6) is 0.816. The molecule has 0 saturated heterocycles. The zero-order valence-corrected chi connectivity index (χ0v) is 17.6. The molecule has 1 aromatic heterocycles. The number of aryl methyl sites for hydroxylation is 1. The molecule has 10 nitrogen and oxygen atoms in total. The molecule has 32 heavy (non-hydrogen) atoms. The Hall–Kier alpha value is -4.21. The maximum absolute atomic E-state index is 12.2. The van der Waals surface area contributed by atoms with E-state index >= 15 is 0 Å². The summed E-state index contributed by atoms with van der Waals surface area (Å²) in [5.41, 5.74) is 1.28. The SMILES string of the molecule is COc1ccc(-c2ccc(=O)n(CCCC(=O)Nc3cccc([N+](=O)[O-])c3)n2)cc1OC. The molecule has 0 atom stereocenters.